The van der Waals surface area contributed by atoms with Crippen molar-refractivity contribution in [2.75, 3.05) is 24.2 Å². The number of methoxy groups -OCH3 is 1. The predicted octanol–water partition coefficient (Wildman–Crippen LogP) is 1.34. The number of pyridine rings is 1. The molecule has 0 aliphatic heterocycles. The molecule has 0 saturated carbocycles. The highest BCUT2D eigenvalue weighted by Gasteiger charge is 2.22. The van der Waals surface area contributed by atoms with Gasteiger partial charge in [0.05, 0.1) is 30.3 Å². The molecular weight excluding hydrogens is 405 g/mol. The Morgan fingerprint density at radius 1 is 1.31 bits per heavy atom. The molecule has 0 spiro atoms. The van der Waals surface area contributed by atoms with Gasteiger partial charge in [-0.05, 0) is 30.7 Å². The fourth-order valence-corrected chi connectivity index (χ4v) is 3.91. The van der Waals surface area contributed by atoms with Crippen LogP contribution in [0.2, 0.25) is 0 Å². The smallest absolute Gasteiger partial charge is 0.342 e. The number of aliphatic hydroxyl groups is 1. The molecule has 9 nitrogen and oxygen atoms in total. The molecule has 29 heavy (non-hydrogen) atoms. The van der Waals surface area contributed by atoms with Crippen LogP contribution in [-0.2, 0) is 14.8 Å². The number of carbonyl (C=O) groups excluding carboxylic acids is 1. The van der Waals surface area contributed by atoms with Crippen molar-refractivity contribution in [2.24, 2.45) is 0 Å². The van der Waals surface area contributed by atoms with Crippen LogP contribution in [0.5, 0.6) is 0 Å². The fourth-order valence-electron chi connectivity index (χ4n) is 2.81. The predicted molar refractivity (Wildman–Crippen MR) is 104 cm³/mol. The van der Waals surface area contributed by atoms with Crippen LogP contribution in [0.1, 0.15) is 16.8 Å². The van der Waals surface area contributed by atoms with E-state index in [1.807, 2.05) is 0 Å². The van der Waals surface area contributed by atoms with Gasteiger partial charge in [0.2, 0.25) is 15.5 Å². The number of H-pyrrole nitrogens is 1. The van der Waals surface area contributed by atoms with Crippen molar-refractivity contribution in [1.29, 1.82) is 0 Å². The molecule has 154 valence electrons. The Hall–Kier alpha value is -3.18. The molecule has 0 unspecified atom stereocenters. The summed E-state index contributed by atoms with van der Waals surface area (Å²) in [5.41, 5.74) is 0.0612. The van der Waals surface area contributed by atoms with Crippen molar-refractivity contribution in [3.63, 3.8) is 0 Å². The average molecular weight is 423 g/mol. The minimum absolute atomic E-state index is 0.0165. The molecule has 3 aromatic rings. The minimum Gasteiger partial charge on any atom is -0.465 e. The van der Waals surface area contributed by atoms with Gasteiger partial charge in [0.1, 0.15) is 17.1 Å². The van der Waals surface area contributed by atoms with E-state index in [0.29, 0.717) is 5.56 Å². The number of halogens is 1. The van der Waals surface area contributed by atoms with E-state index in [2.05, 4.69) is 9.82 Å². The van der Waals surface area contributed by atoms with Crippen LogP contribution in [0.3, 0.4) is 0 Å². The van der Waals surface area contributed by atoms with E-state index in [-0.39, 0.29) is 41.2 Å². The number of aromatic amines is 1. The van der Waals surface area contributed by atoms with Gasteiger partial charge >= 0.3 is 5.97 Å². The van der Waals surface area contributed by atoms with Crippen LogP contribution < -0.4 is 10.2 Å². The number of carbonyl (C=O) groups is 1. The number of sulfonamides is 1. The molecule has 0 fully saturated rings. The summed E-state index contributed by atoms with van der Waals surface area (Å²) in [6.07, 6.45) is 1.22. The molecule has 3 N–H and O–H groups in total. The number of aromatic nitrogens is 2. The first-order valence-electron chi connectivity index (χ1n) is 8.49. The SMILES string of the molecule is COC(=O)c1c(-c2ccc(F)cc2)[nH]n2cc(NS(=O)(=O)CCCO)c(=O)cc12. The van der Waals surface area contributed by atoms with Gasteiger partial charge in [-0.15, -0.1) is 0 Å². The quantitative estimate of drug-likeness (QED) is 0.492. The number of rotatable bonds is 7. The second-order valence-electron chi connectivity index (χ2n) is 6.16. The van der Waals surface area contributed by atoms with Crippen molar-refractivity contribution >= 4 is 27.2 Å². The van der Waals surface area contributed by atoms with Gasteiger partial charge in [-0.3, -0.25) is 19.1 Å². The second-order valence-corrected chi connectivity index (χ2v) is 8.01. The number of nitrogens with one attached hydrogen (secondary N) is 2. The monoisotopic (exact) mass is 423 g/mol. The first kappa shape index (κ1) is 20.6. The Morgan fingerprint density at radius 2 is 2.00 bits per heavy atom. The number of nitrogens with zero attached hydrogens (tertiary/aromatic N) is 1. The Bertz CT molecular complexity index is 1210. The lowest BCUT2D eigenvalue weighted by atomic mass is 10.1. The summed E-state index contributed by atoms with van der Waals surface area (Å²) in [6.45, 7) is -0.306. The van der Waals surface area contributed by atoms with Crippen molar-refractivity contribution in [2.45, 2.75) is 6.42 Å². The summed E-state index contributed by atoms with van der Waals surface area (Å²) in [4.78, 5) is 24.8. The lowest BCUT2D eigenvalue weighted by Crippen LogP contribution is -2.22. The fraction of sp³-hybridized carbons (Fsp3) is 0.222. The third-order valence-corrected chi connectivity index (χ3v) is 5.51. The number of fused-ring (bicyclic) bond motifs is 1. The summed E-state index contributed by atoms with van der Waals surface area (Å²) in [7, 11) is -2.66. The molecule has 0 amide bonds. The average Bonchev–Trinajstić information content (AvgIpc) is 3.04. The van der Waals surface area contributed by atoms with E-state index < -0.39 is 27.2 Å². The van der Waals surface area contributed by atoms with Crippen molar-refractivity contribution in [3.8, 4) is 11.3 Å². The first-order valence-corrected chi connectivity index (χ1v) is 10.1. The highest BCUT2D eigenvalue weighted by Crippen LogP contribution is 2.27. The number of anilines is 1. The molecule has 3 rings (SSSR count). The number of hydrogen-bond donors (Lipinski definition) is 3. The molecule has 1 aromatic carbocycles. The largest absolute Gasteiger partial charge is 0.465 e. The van der Waals surface area contributed by atoms with Crippen LogP contribution in [0.4, 0.5) is 10.1 Å². The van der Waals surface area contributed by atoms with Gasteiger partial charge < -0.3 is 9.84 Å². The Labute approximate surface area is 164 Å². The molecule has 0 radical (unpaired) electrons. The second kappa shape index (κ2) is 8.05. The van der Waals surface area contributed by atoms with Crippen LogP contribution >= 0.6 is 0 Å². The van der Waals surface area contributed by atoms with Crippen molar-refractivity contribution < 1.29 is 27.4 Å². The lowest BCUT2D eigenvalue weighted by Gasteiger charge is -2.07. The highest BCUT2D eigenvalue weighted by atomic mass is 32.2. The van der Waals surface area contributed by atoms with Gasteiger partial charge in [-0.2, -0.15) is 0 Å². The summed E-state index contributed by atoms with van der Waals surface area (Å²) >= 11 is 0. The van der Waals surface area contributed by atoms with Crippen molar-refractivity contribution in [3.05, 3.63) is 58.1 Å². The van der Waals surface area contributed by atoms with E-state index in [4.69, 9.17) is 9.84 Å². The Morgan fingerprint density at radius 3 is 2.62 bits per heavy atom. The van der Waals surface area contributed by atoms with Gasteiger partial charge in [0.15, 0.2) is 0 Å². The summed E-state index contributed by atoms with van der Waals surface area (Å²) in [5, 5.41) is 11.7. The molecule has 0 saturated heterocycles. The lowest BCUT2D eigenvalue weighted by molar-refractivity contribution is 0.0604. The third kappa shape index (κ3) is 4.30. The number of aliphatic hydroxyl groups excluding tert-OH is 1. The maximum Gasteiger partial charge on any atom is 0.342 e. The van der Waals surface area contributed by atoms with Crippen LogP contribution in [0.25, 0.3) is 16.8 Å². The molecule has 2 heterocycles. The summed E-state index contributed by atoms with van der Waals surface area (Å²) in [5.74, 6) is -1.54. The van der Waals surface area contributed by atoms with Crippen LogP contribution in [0, 0.1) is 5.82 Å². The topological polar surface area (TPSA) is 130 Å². The molecule has 0 bridgehead atoms. The minimum atomic E-state index is -3.84. The molecular formula is C18H18FN3O6S. The molecule has 0 aliphatic rings. The first-order chi connectivity index (χ1) is 13.8. The summed E-state index contributed by atoms with van der Waals surface area (Å²) < 4.78 is 45.6. The molecule has 11 heteroatoms. The Balaban J connectivity index is 2.15. The van der Waals surface area contributed by atoms with Gasteiger partial charge in [-0.25, -0.2) is 17.6 Å². The number of hydrogen-bond acceptors (Lipinski definition) is 6. The van der Waals surface area contributed by atoms with Gasteiger partial charge in [-0.1, -0.05) is 0 Å². The molecule has 0 atom stereocenters. The number of esters is 1. The molecule has 0 aliphatic carbocycles. The van der Waals surface area contributed by atoms with Gasteiger partial charge in [0.25, 0.3) is 0 Å². The standard InChI is InChI=1S/C18H18FN3O6S/c1-28-18(25)16-14-9-15(24)13(21-29(26,27)8-2-7-23)10-22(14)20-17(16)11-3-5-12(19)6-4-11/h3-6,9-10,20-21,23H,2,7-8H2,1H3. The highest BCUT2D eigenvalue weighted by molar-refractivity contribution is 7.92. The van der Waals surface area contributed by atoms with Crippen LogP contribution in [-0.4, -0.2) is 48.6 Å². The number of ether oxygens (including phenoxy) is 1. The maximum absolute atomic E-state index is 13.3. The van der Waals surface area contributed by atoms with Gasteiger partial charge in [0, 0.05) is 18.2 Å². The summed E-state index contributed by atoms with van der Waals surface area (Å²) in [6, 6.07) is 6.42. The van der Waals surface area contributed by atoms with E-state index in [1.165, 1.54) is 42.1 Å². The van der Waals surface area contributed by atoms with Crippen LogP contribution in [0.15, 0.2) is 41.3 Å². The number of benzene rings is 1. The maximum atomic E-state index is 13.3. The zero-order valence-corrected chi connectivity index (χ0v) is 16.1. The zero-order chi connectivity index (χ0) is 21.2. The zero-order valence-electron chi connectivity index (χ0n) is 15.3. The van der Waals surface area contributed by atoms with E-state index >= 15 is 0 Å². The van der Waals surface area contributed by atoms with E-state index in [1.54, 1.807) is 0 Å². The van der Waals surface area contributed by atoms with Crippen molar-refractivity contribution in [1.82, 2.24) is 9.61 Å². The molecule has 2 aromatic heterocycles. The van der Waals surface area contributed by atoms with E-state index in [9.17, 15) is 22.4 Å². The third-order valence-electron chi connectivity index (χ3n) is 4.15. The normalized spacial score (nSPS) is 11.6. The Kier molecular flexibility index (Phi) is 5.71. The van der Waals surface area contributed by atoms with E-state index in [0.717, 1.165) is 6.07 Å².